The van der Waals surface area contributed by atoms with Crippen LogP contribution in [0.3, 0.4) is 0 Å². The fourth-order valence-electron chi connectivity index (χ4n) is 2.45. The SMILES string of the molecule is CCCCN1CCC(c2cccc(F)c2)C1. The first-order valence-electron chi connectivity index (χ1n) is 6.27. The molecule has 1 fully saturated rings. The van der Waals surface area contributed by atoms with Crippen molar-refractivity contribution in [3.63, 3.8) is 0 Å². The molecule has 0 aliphatic carbocycles. The van der Waals surface area contributed by atoms with Crippen molar-refractivity contribution in [2.75, 3.05) is 19.6 Å². The Kier molecular flexibility index (Phi) is 3.94. The average molecular weight is 221 g/mol. The van der Waals surface area contributed by atoms with E-state index in [-0.39, 0.29) is 5.82 Å². The molecule has 1 aliphatic heterocycles. The van der Waals surface area contributed by atoms with Gasteiger partial charge in [0.2, 0.25) is 0 Å². The van der Waals surface area contributed by atoms with E-state index < -0.39 is 0 Å². The van der Waals surface area contributed by atoms with E-state index in [9.17, 15) is 4.39 Å². The van der Waals surface area contributed by atoms with E-state index in [4.69, 9.17) is 0 Å². The van der Waals surface area contributed by atoms with Crippen LogP contribution in [0.15, 0.2) is 24.3 Å². The van der Waals surface area contributed by atoms with Gasteiger partial charge in [-0.3, -0.25) is 0 Å². The molecule has 0 saturated carbocycles. The molecule has 1 aromatic carbocycles. The van der Waals surface area contributed by atoms with Crippen LogP contribution in [-0.4, -0.2) is 24.5 Å². The molecule has 0 bridgehead atoms. The number of hydrogen-bond acceptors (Lipinski definition) is 1. The summed E-state index contributed by atoms with van der Waals surface area (Å²) in [6.07, 6.45) is 3.70. The molecule has 0 spiro atoms. The predicted molar refractivity (Wildman–Crippen MR) is 65.1 cm³/mol. The van der Waals surface area contributed by atoms with Crippen LogP contribution in [0.4, 0.5) is 4.39 Å². The number of unbranched alkanes of at least 4 members (excludes halogenated alkanes) is 1. The minimum absolute atomic E-state index is 0.107. The first-order chi connectivity index (χ1) is 7.79. The number of likely N-dealkylation sites (tertiary alicyclic amines) is 1. The van der Waals surface area contributed by atoms with Gasteiger partial charge in [0.15, 0.2) is 0 Å². The summed E-state index contributed by atoms with van der Waals surface area (Å²) in [4.78, 5) is 2.50. The van der Waals surface area contributed by atoms with E-state index in [1.165, 1.54) is 44.0 Å². The summed E-state index contributed by atoms with van der Waals surface area (Å²) in [5.74, 6) is 0.428. The Balaban J connectivity index is 1.93. The molecule has 0 aromatic heterocycles. The highest BCUT2D eigenvalue weighted by Crippen LogP contribution is 2.27. The molecule has 1 atom stereocenters. The fraction of sp³-hybridized carbons (Fsp3) is 0.571. The molecule has 1 unspecified atom stereocenters. The van der Waals surface area contributed by atoms with Crippen LogP contribution in [0.1, 0.15) is 37.7 Å². The van der Waals surface area contributed by atoms with Crippen molar-refractivity contribution < 1.29 is 4.39 Å². The molecule has 2 heteroatoms. The van der Waals surface area contributed by atoms with Crippen LogP contribution in [-0.2, 0) is 0 Å². The second-order valence-electron chi connectivity index (χ2n) is 4.69. The monoisotopic (exact) mass is 221 g/mol. The van der Waals surface area contributed by atoms with Gasteiger partial charge in [0.05, 0.1) is 0 Å². The third-order valence-electron chi connectivity index (χ3n) is 3.42. The smallest absolute Gasteiger partial charge is 0.123 e. The minimum Gasteiger partial charge on any atom is -0.303 e. The van der Waals surface area contributed by atoms with E-state index in [2.05, 4.69) is 17.9 Å². The minimum atomic E-state index is -0.107. The first kappa shape index (κ1) is 11.6. The van der Waals surface area contributed by atoms with Gasteiger partial charge < -0.3 is 4.90 Å². The normalized spacial score (nSPS) is 21.5. The molecule has 1 aromatic rings. The van der Waals surface area contributed by atoms with Crippen molar-refractivity contribution in [3.8, 4) is 0 Å². The van der Waals surface area contributed by atoms with Gasteiger partial charge in [-0.05, 0) is 49.5 Å². The van der Waals surface area contributed by atoms with Crippen LogP contribution in [0.5, 0.6) is 0 Å². The van der Waals surface area contributed by atoms with Crippen molar-refractivity contribution in [1.82, 2.24) is 4.90 Å². The van der Waals surface area contributed by atoms with Crippen LogP contribution in [0.2, 0.25) is 0 Å². The fourth-order valence-corrected chi connectivity index (χ4v) is 2.45. The maximum atomic E-state index is 13.1. The summed E-state index contributed by atoms with van der Waals surface area (Å²) in [7, 11) is 0. The Morgan fingerprint density at radius 2 is 2.31 bits per heavy atom. The van der Waals surface area contributed by atoms with E-state index in [0.29, 0.717) is 5.92 Å². The summed E-state index contributed by atoms with van der Waals surface area (Å²) in [5, 5.41) is 0. The molecule has 0 amide bonds. The number of rotatable bonds is 4. The topological polar surface area (TPSA) is 3.24 Å². The van der Waals surface area contributed by atoms with Crippen LogP contribution < -0.4 is 0 Å². The Morgan fingerprint density at radius 1 is 1.44 bits per heavy atom. The lowest BCUT2D eigenvalue weighted by atomic mass is 9.98. The number of halogens is 1. The number of nitrogens with zero attached hydrogens (tertiary/aromatic N) is 1. The molecule has 16 heavy (non-hydrogen) atoms. The summed E-state index contributed by atoms with van der Waals surface area (Å²) in [5.41, 5.74) is 1.17. The summed E-state index contributed by atoms with van der Waals surface area (Å²) in [6, 6.07) is 7.08. The molecule has 2 rings (SSSR count). The number of benzene rings is 1. The van der Waals surface area contributed by atoms with Crippen molar-refractivity contribution in [2.24, 2.45) is 0 Å². The quantitative estimate of drug-likeness (QED) is 0.753. The predicted octanol–water partition coefficient (Wildman–Crippen LogP) is 3.42. The average Bonchev–Trinajstić information content (AvgIpc) is 2.75. The molecular formula is C14H20FN. The van der Waals surface area contributed by atoms with Crippen molar-refractivity contribution in [3.05, 3.63) is 35.6 Å². The Hall–Kier alpha value is -0.890. The third-order valence-corrected chi connectivity index (χ3v) is 3.42. The summed E-state index contributed by atoms with van der Waals surface area (Å²) >= 11 is 0. The van der Waals surface area contributed by atoms with E-state index in [0.717, 1.165) is 6.54 Å². The zero-order chi connectivity index (χ0) is 11.4. The standard InChI is InChI=1S/C14H20FN/c1-2-3-8-16-9-7-13(11-16)12-5-4-6-14(15)10-12/h4-6,10,13H,2-3,7-9,11H2,1H3. The lowest BCUT2D eigenvalue weighted by Gasteiger charge is -2.15. The van der Waals surface area contributed by atoms with Gasteiger partial charge >= 0.3 is 0 Å². The molecule has 0 radical (unpaired) electrons. The zero-order valence-corrected chi connectivity index (χ0v) is 9.95. The lowest BCUT2D eigenvalue weighted by molar-refractivity contribution is 0.328. The molecule has 1 heterocycles. The Morgan fingerprint density at radius 3 is 3.06 bits per heavy atom. The van der Waals surface area contributed by atoms with Gasteiger partial charge in [-0.15, -0.1) is 0 Å². The maximum Gasteiger partial charge on any atom is 0.123 e. The van der Waals surface area contributed by atoms with E-state index in [1.807, 2.05) is 6.07 Å². The van der Waals surface area contributed by atoms with E-state index in [1.54, 1.807) is 6.07 Å². The van der Waals surface area contributed by atoms with Crippen molar-refractivity contribution in [1.29, 1.82) is 0 Å². The summed E-state index contributed by atoms with van der Waals surface area (Å²) in [6.45, 7) is 5.69. The highest BCUT2D eigenvalue weighted by atomic mass is 19.1. The van der Waals surface area contributed by atoms with Crippen molar-refractivity contribution >= 4 is 0 Å². The number of hydrogen-bond donors (Lipinski definition) is 0. The highest BCUT2D eigenvalue weighted by Gasteiger charge is 2.23. The third kappa shape index (κ3) is 2.82. The second kappa shape index (κ2) is 5.44. The van der Waals surface area contributed by atoms with Gasteiger partial charge in [0.25, 0.3) is 0 Å². The first-order valence-corrected chi connectivity index (χ1v) is 6.27. The lowest BCUT2D eigenvalue weighted by Crippen LogP contribution is -2.21. The zero-order valence-electron chi connectivity index (χ0n) is 9.95. The molecule has 1 saturated heterocycles. The van der Waals surface area contributed by atoms with Crippen LogP contribution >= 0.6 is 0 Å². The molecule has 1 nitrogen and oxygen atoms in total. The second-order valence-corrected chi connectivity index (χ2v) is 4.69. The summed E-state index contributed by atoms with van der Waals surface area (Å²) < 4.78 is 13.1. The van der Waals surface area contributed by atoms with Gasteiger partial charge in [-0.1, -0.05) is 25.5 Å². The molecule has 88 valence electrons. The van der Waals surface area contributed by atoms with Gasteiger partial charge in [0.1, 0.15) is 5.82 Å². The largest absolute Gasteiger partial charge is 0.303 e. The van der Waals surface area contributed by atoms with E-state index >= 15 is 0 Å². The maximum absolute atomic E-state index is 13.1. The van der Waals surface area contributed by atoms with Crippen LogP contribution in [0.25, 0.3) is 0 Å². The Labute approximate surface area is 97.3 Å². The van der Waals surface area contributed by atoms with Gasteiger partial charge in [-0.25, -0.2) is 4.39 Å². The highest BCUT2D eigenvalue weighted by molar-refractivity contribution is 5.22. The molecule has 1 aliphatic rings. The van der Waals surface area contributed by atoms with Crippen molar-refractivity contribution in [2.45, 2.75) is 32.1 Å². The molecular weight excluding hydrogens is 201 g/mol. The van der Waals surface area contributed by atoms with Crippen LogP contribution in [0, 0.1) is 5.82 Å². The van der Waals surface area contributed by atoms with Gasteiger partial charge in [-0.2, -0.15) is 0 Å². The Bertz CT molecular complexity index is 337. The van der Waals surface area contributed by atoms with Gasteiger partial charge in [0, 0.05) is 6.54 Å². The molecule has 0 N–H and O–H groups in total.